The van der Waals surface area contributed by atoms with Gasteiger partial charge in [-0.2, -0.15) is 18.4 Å². The minimum atomic E-state index is -4.73. The summed E-state index contributed by atoms with van der Waals surface area (Å²) in [5, 5.41) is 8.19. The van der Waals surface area contributed by atoms with E-state index >= 15 is 0 Å². The standard InChI is InChI=1S/C9H4BrF5N2/c10-2-6-5(9(13,14)15)1-4(3-16)7(17-6)8(11)12/h1,8H,2H2. The van der Waals surface area contributed by atoms with Crippen LogP contribution in [0.3, 0.4) is 0 Å². The highest BCUT2D eigenvalue weighted by atomic mass is 79.9. The second kappa shape index (κ2) is 4.96. The number of hydrogen-bond donors (Lipinski definition) is 0. The smallest absolute Gasteiger partial charge is 0.249 e. The van der Waals surface area contributed by atoms with Crippen LogP contribution in [0, 0.1) is 11.3 Å². The molecule has 0 aliphatic carbocycles. The normalized spacial score (nSPS) is 11.6. The molecule has 0 saturated heterocycles. The van der Waals surface area contributed by atoms with E-state index in [0.29, 0.717) is 6.07 Å². The topological polar surface area (TPSA) is 36.7 Å². The van der Waals surface area contributed by atoms with Gasteiger partial charge in [-0.15, -0.1) is 0 Å². The van der Waals surface area contributed by atoms with Crippen LogP contribution in [-0.2, 0) is 11.5 Å². The molecule has 0 bridgehead atoms. The summed E-state index contributed by atoms with van der Waals surface area (Å²) < 4.78 is 62.5. The molecule has 1 rings (SSSR count). The lowest BCUT2D eigenvalue weighted by Crippen LogP contribution is -2.13. The van der Waals surface area contributed by atoms with Gasteiger partial charge in [-0.3, -0.25) is 0 Å². The van der Waals surface area contributed by atoms with Crippen molar-refractivity contribution in [3.05, 3.63) is 28.6 Å². The monoisotopic (exact) mass is 314 g/mol. The number of pyridine rings is 1. The fourth-order valence-corrected chi connectivity index (χ4v) is 1.60. The Morgan fingerprint density at radius 2 is 2.00 bits per heavy atom. The van der Waals surface area contributed by atoms with Gasteiger partial charge in [0.25, 0.3) is 6.43 Å². The lowest BCUT2D eigenvalue weighted by molar-refractivity contribution is -0.138. The van der Waals surface area contributed by atoms with Gasteiger partial charge < -0.3 is 0 Å². The minimum Gasteiger partial charge on any atom is -0.249 e. The second-order valence-electron chi connectivity index (χ2n) is 2.96. The summed E-state index contributed by atoms with van der Waals surface area (Å²) in [7, 11) is 0. The Labute approximate surface area is 101 Å². The van der Waals surface area contributed by atoms with Crippen LogP contribution in [0.4, 0.5) is 22.0 Å². The first kappa shape index (κ1) is 13.8. The van der Waals surface area contributed by atoms with Crippen molar-refractivity contribution >= 4 is 15.9 Å². The minimum absolute atomic E-state index is 0.326. The van der Waals surface area contributed by atoms with Crippen molar-refractivity contribution < 1.29 is 22.0 Å². The van der Waals surface area contributed by atoms with Gasteiger partial charge in [0.05, 0.1) is 16.8 Å². The lowest BCUT2D eigenvalue weighted by atomic mass is 10.1. The Kier molecular flexibility index (Phi) is 4.03. The molecule has 0 radical (unpaired) electrons. The van der Waals surface area contributed by atoms with Gasteiger partial charge in [-0.05, 0) is 6.07 Å². The first-order chi connectivity index (χ1) is 7.81. The first-order valence-electron chi connectivity index (χ1n) is 4.16. The van der Waals surface area contributed by atoms with E-state index in [-0.39, 0.29) is 5.33 Å². The zero-order valence-electron chi connectivity index (χ0n) is 8.02. The zero-order valence-corrected chi connectivity index (χ0v) is 9.61. The van der Waals surface area contributed by atoms with Crippen molar-refractivity contribution in [2.75, 3.05) is 0 Å². The van der Waals surface area contributed by atoms with Crippen molar-refractivity contribution in [3.8, 4) is 6.07 Å². The number of nitrogens with zero attached hydrogens (tertiary/aromatic N) is 2. The molecule has 0 unspecified atom stereocenters. The fraction of sp³-hybridized carbons (Fsp3) is 0.333. The molecular formula is C9H4BrF5N2. The van der Waals surface area contributed by atoms with Crippen LogP contribution < -0.4 is 0 Å². The maximum absolute atomic E-state index is 12.5. The summed E-state index contributed by atoms with van der Waals surface area (Å²) in [6, 6.07) is 1.68. The number of hydrogen-bond acceptors (Lipinski definition) is 2. The Hall–Kier alpha value is -1.23. The van der Waals surface area contributed by atoms with Crippen LogP contribution in [0.15, 0.2) is 6.07 Å². The van der Waals surface area contributed by atoms with E-state index in [4.69, 9.17) is 5.26 Å². The third kappa shape index (κ3) is 2.91. The van der Waals surface area contributed by atoms with E-state index < -0.39 is 35.1 Å². The average Bonchev–Trinajstić information content (AvgIpc) is 2.25. The van der Waals surface area contributed by atoms with Crippen molar-refractivity contribution in [1.29, 1.82) is 5.26 Å². The molecule has 0 spiro atoms. The summed E-state index contributed by atoms with van der Waals surface area (Å²) >= 11 is 2.74. The van der Waals surface area contributed by atoms with E-state index in [0.717, 1.165) is 0 Å². The molecule has 0 atom stereocenters. The Morgan fingerprint density at radius 1 is 1.41 bits per heavy atom. The molecule has 0 aromatic carbocycles. The predicted molar refractivity (Wildman–Crippen MR) is 51.5 cm³/mol. The summed E-state index contributed by atoms with van der Waals surface area (Å²) in [5.74, 6) is 0. The zero-order chi connectivity index (χ0) is 13.2. The lowest BCUT2D eigenvalue weighted by Gasteiger charge is -2.13. The van der Waals surface area contributed by atoms with Crippen LogP contribution in [0.25, 0.3) is 0 Å². The van der Waals surface area contributed by atoms with Gasteiger partial charge in [0, 0.05) is 5.33 Å². The van der Waals surface area contributed by atoms with Gasteiger partial charge in [-0.1, -0.05) is 15.9 Å². The Bertz CT molecular complexity index is 464. The van der Waals surface area contributed by atoms with E-state index in [2.05, 4.69) is 20.9 Å². The highest BCUT2D eigenvalue weighted by Gasteiger charge is 2.35. The molecule has 1 aromatic heterocycles. The Morgan fingerprint density at radius 3 is 2.35 bits per heavy atom. The van der Waals surface area contributed by atoms with Crippen LogP contribution >= 0.6 is 15.9 Å². The number of halogens is 6. The number of aromatic nitrogens is 1. The summed E-state index contributed by atoms with van der Waals surface area (Å²) in [4.78, 5) is 3.19. The fourth-order valence-electron chi connectivity index (χ4n) is 1.17. The predicted octanol–water partition coefficient (Wildman–Crippen LogP) is 3.80. The van der Waals surface area contributed by atoms with Crippen molar-refractivity contribution in [3.63, 3.8) is 0 Å². The third-order valence-electron chi connectivity index (χ3n) is 1.89. The highest BCUT2D eigenvalue weighted by molar-refractivity contribution is 9.08. The van der Waals surface area contributed by atoms with Gasteiger partial charge in [0.2, 0.25) is 0 Å². The molecule has 1 aromatic rings. The maximum Gasteiger partial charge on any atom is 0.418 e. The SMILES string of the molecule is N#Cc1cc(C(F)(F)F)c(CBr)nc1C(F)F. The Balaban J connectivity index is 3.51. The average molecular weight is 315 g/mol. The molecule has 92 valence electrons. The quantitative estimate of drug-likeness (QED) is 0.615. The van der Waals surface area contributed by atoms with Gasteiger partial charge in [-0.25, -0.2) is 13.8 Å². The van der Waals surface area contributed by atoms with Crippen LogP contribution in [0.1, 0.15) is 28.9 Å². The number of rotatable bonds is 2. The van der Waals surface area contributed by atoms with Crippen molar-refractivity contribution in [1.82, 2.24) is 4.98 Å². The molecule has 1 heterocycles. The van der Waals surface area contributed by atoms with E-state index in [9.17, 15) is 22.0 Å². The maximum atomic E-state index is 12.5. The molecule has 2 nitrogen and oxygen atoms in total. The molecule has 17 heavy (non-hydrogen) atoms. The van der Waals surface area contributed by atoms with Crippen molar-refractivity contribution in [2.45, 2.75) is 17.9 Å². The summed E-state index contributed by atoms with van der Waals surface area (Å²) in [5.41, 5.74) is -3.45. The first-order valence-corrected chi connectivity index (χ1v) is 5.28. The third-order valence-corrected chi connectivity index (χ3v) is 2.42. The number of nitriles is 1. The molecule has 0 aliphatic rings. The van der Waals surface area contributed by atoms with Crippen LogP contribution in [0.5, 0.6) is 0 Å². The molecule has 8 heteroatoms. The molecule has 0 amide bonds. The van der Waals surface area contributed by atoms with Crippen molar-refractivity contribution in [2.24, 2.45) is 0 Å². The van der Waals surface area contributed by atoms with E-state index in [1.807, 2.05) is 0 Å². The van der Waals surface area contributed by atoms with E-state index in [1.54, 1.807) is 0 Å². The second-order valence-corrected chi connectivity index (χ2v) is 3.52. The van der Waals surface area contributed by atoms with Crippen LogP contribution in [-0.4, -0.2) is 4.98 Å². The van der Waals surface area contributed by atoms with E-state index in [1.165, 1.54) is 6.07 Å². The van der Waals surface area contributed by atoms with Gasteiger partial charge >= 0.3 is 6.18 Å². The molecule has 0 fully saturated rings. The number of alkyl halides is 6. The summed E-state index contributed by atoms with van der Waals surface area (Å²) in [6.45, 7) is 0. The summed E-state index contributed by atoms with van der Waals surface area (Å²) in [6.07, 6.45) is -7.83. The van der Waals surface area contributed by atoms with Gasteiger partial charge in [0.1, 0.15) is 11.8 Å². The molecule has 0 saturated carbocycles. The largest absolute Gasteiger partial charge is 0.418 e. The van der Waals surface area contributed by atoms with Crippen LogP contribution in [0.2, 0.25) is 0 Å². The molecule has 0 aliphatic heterocycles. The highest BCUT2D eigenvalue weighted by Crippen LogP contribution is 2.34. The molecule has 0 N–H and O–H groups in total. The molecular weight excluding hydrogens is 311 g/mol. The van der Waals surface area contributed by atoms with Gasteiger partial charge in [0.15, 0.2) is 0 Å².